The molecule has 0 saturated carbocycles. The van der Waals surface area contributed by atoms with Gasteiger partial charge in [0.1, 0.15) is 5.75 Å². The van der Waals surface area contributed by atoms with Gasteiger partial charge in [0.25, 0.3) is 0 Å². The van der Waals surface area contributed by atoms with E-state index in [1.807, 2.05) is 24.3 Å². The van der Waals surface area contributed by atoms with Crippen molar-refractivity contribution in [3.63, 3.8) is 0 Å². The quantitative estimate of drug-likeness (QED) is 0.879. The number of hydrogen-bond acceptors (Lipinski definition) is 4. The number of hydrogen-bond donors (Lipinski definition) is 1. The van der Waals surface area contributed by atoms with E-state index in [-0.39, 0.29) is 6.04 Å². The van der Waals surface area contributed by atoms with Gasteiger partial charge in [0, 0.05) is 19.1 Å². The number of nitrogens with zero attached hydrogens (tertiary/aromatic N) is 1. The van der Waals surface area contributed by atoms with Crippen LogP contribution in [0.2, 0.25) is 0 Å². The average molecular weight is 251 g/mol. The molecule has 0 unspecified atom stereocenters. The smallest absolute Gasteiger partial charge is 0.118 e. The lowest BCUT2D eigenvalue weighted by atomic mass is 10.0. The highest BCUT2D eigenvalue weighted by Gasteiger charge is 2.24. The molecule has 18 heavy (non-hydrogen) atoms. The minimum absolute atomic E-state index is 0.0993. The number of morpholine rings is 1. The Bertz CT molecular complexity index is 360. The van der Waals surface area contributed by atoms with Crippen molar-refractivity contribution in [2.45, 2.75) is 19.1 Å². The second kappa shape index (κ2) is 6.18. The van der Waals surface area contributed by atoms with E-state index in [1.54, 1.807) is 7.11 Å². The molecule has 0 radical (unpaired) electrons. The monoisotopic (exact) mass is 251 g/mol. The molecule has 4 nitrogen and oxygen atoms in total. The minimum atomic E-state index is -0.478. The molecule has 1 aliphatic rings. The van der Waals surface area contributed by atoms with E-state index in [9.17, 15) is 5.11 Å². The van der Waals surface area contributed by atoms with Gasteiger partial charge in [-0.3, -0.25) is 4.90 Å². The fraction of sp³-hybridized carbons (Fsp3) is 0.571. The Balaban J connectivity index is 2.01. The van der Waals surface area contributed by atoms with Gasteiger partial charge in [-0.15, -0.1) is 0 Å². The molecule has 1 heterocycles. The molecular weight excluding hydrogens is 230 g/mol. The van der Waals surface area contributed by atoms with Gasteiger partial charge in [0.2, 0.25) is 0 Å². The van der Waals surface area contributed by atoms with Crippen molar-refractivity contribution in [3.8, 4) is 5.75 Å². The topological polar surface area (TPSA) is 41.9 Å². The van der Waals surface area contributed by atoms with Gasteiger partial charge < -0.3 is 14.6 Å². The summed E-state index contributed by atoms with van der Waals surface area (Å²) in [7, 11) is 1.64. The normalized spacial score (nSPS) is 20.4. The average Bonchev–Trinajstić information content (AvgIpc) is 2.47. The summed E-state index contributed by atoms with van der Waals surface area (Å²) in [5.41, 5.74) is 0.926. The first-order chi connectivity index (χ1) is 8.72. The van der Waals surface area contributed by atoms with Crippen LogP contribution in [-0.4, -0.2) is 49.5 Å². The number of benzene rings is 1. The Kier molecular flexibility index (Phi) is 4.58. The maximum atomic E-state index is 10.4. The highest BCUT2D eigenvalue weighted by molar-refractivity contribution is 5.29. The van der Waals surface area contributed by atoms with Crippen molar-refractivity contribution in [2.75, 3.05) is 33.4 Å². The lowest BCUT2D eigenvalue weighted by molar-refractivity contribution is -0.0166. The zero-order valence-corrected chi connectivity index (χ0v) is 11.0. The second-order valence-corrected chi connectivity index (χ2v) is 4.61. The predicted molar refractivity (Wildman–Crippen MR) is 69.8 cm³/mol. The summed E-state index contributed by atoms with van der Waals surface area (Å²) in [4.78, 5) is 2.26. The molecule has 1 fully saturated rings. The van der Waals surface area contributed by atoms with Crippen LogP contribution in [-0.2, 0) is 4.74 Å². The van der Waals surface area contributed by atoms with Crippen LogP contribution in [0, 0.1) is 0 Å². The molecule has 1 aromatic rings. The zero-order valence-electron chi connectivity index (χ0n) is 11.0. The van der Waals surface area contributed by atoms with E-state index < -0.39 is 6.10 Å². The minimum Gasteiger partial charge on any atom is -0.497 e. The molecule has 2 atom stereocenters. The van der Waals surface area contributed by atoms with Crippen molar-refractivity contribution >= 4 is 0 Å². The SMILES string of the molecule is COc1ccc([C@@H](O)[C@H](C)N2CCOCC2)cc1. The highest BCUT2D eigenvalue weighted by Crippen LogP contribution is 2.23. The summed E-state index contributed by atoms with van der Waals surface area (Å²) in [6.07, 6.45) is -0.478. The fourth-order valence-electron chi connectivity index (χ4n) is 2.26. The lowest BCUT2D eigenvalue weighted by Gasteiger charge is -2.35. The molecule has 100 valence electrons. The summed E-state index contributed by atoms with van der Waals surface area (Å²) in [5, 5.41) is 10.4. The highest BCUT2D eigenvalue weighted by atomic mass is 16.5. The molecule has 0 aromatic heterocycles. The van der Waals surface area contributed by atoms with Gasteiger partial charge in [-0.1, -0.05) is 12.1 Å². The number of ether oxygens (including phenoxy) is 2. The fourth-order valence-corrected chi connectivity index (χ4v) is 2.26. The largest absolute Gasteiger partial charge is 0.497 e. The molecule has 1 saturated heterocycles. The van der Waals surface area contributed by atoms with Gasteiger partial charge in [0.15, 0.2) is 0 Å². The number of rotatable bonds is 4. The first-order valence-corrected chi connectivity index (χ1v) is 6.36. The summed E-state index contributed by atoms with van der Waals surface area (Å²) >= 11 is 0. The van der Waals surface area contributed by atoms with Gasteiger partial charge in [-0.2, -0.15) is 0 Å². The van der Waals surface area contributed by atoms with Gasteiger partial charge in [0.05, 0.1) is 26.4 Å². The molecule has 0 spiro atoms. The molecule has 4 heteroatoms. The standard InChI is InChI=1S/C14H21NO3/c1-11(15-7-9-18-10-8-15)14(16)12-3-5-13(17-2)6-4-12/h3-6,11,14,16H,7-10H2,1-2H3/t11-,14-/m0/s1. The van der Waals surface area contributed by atoms with Crippen LogP contribution < -0.4 is 4.74 Å². The third kappa shape index (κ3) is 3.02. The van der Waals surface area contributed by atoms with Crippen LogP contribution in [0.5, 0.6) is 5.75 Å². The summed E-state index contributed by atoms with van der Waals surface area (Å²) in [6, 6.07) is 7.69. The van der Waals surface area contributed by atoms with E-state index in [4.69, 9.17) is 9.47 Å². The van der Waals surface area contributed by atoms with Crippen LogP contribution in [0.4, 0.5) is 0 Å². The first-order valence-electron chi connectivity index (χ1n) is 6.36. The van der Waals surface area contributed by atoms with Crippen molar-refractivity contribution in [3.05, 3.63) is 29.8 Å². The second-order valence-electron chi connectivity index (χ2n) is 4.61. The molecule has 1 aliphatic heterocycles. The van der Waals surface area contributed by atoms with Crippen molar-refractivity contribution < 1.29 is 14.6 Å². The lowest BCUT2D eigenvalue weighted by Crippen LogP contribution is -2.44. The Morgan fingerprint density at radius 2 is 1.83 bits per heavy atom. The molecule has 1 aromatic carbocycles. The first kappa shape index (κ1) is 13.3. The molecule has 2 rings (SSSR count). The maximum absolute atomic E-state index is 10.4. The predicted octanol–water partition coefficient (Wildman–Crippen LogP) is 1.45. The maximum Gasteiger partial charge on any atom is 0.118 e. The van der Waals surface area contributed by atoms with Crippen LogP contribution in [0.25, 0.3) is 0 Å². The van der Waals surface area contributed by atoms with Crippen LogP contribution in [0.1, 0.15) is 18.6 Å². The molecule has 0 aliphatic carbocycles. The third-order valence-electron chi connectivity index (χ3n) is 3.54. The Morgan fingerprint density at radius 3 is 2.39 bits per heavy atom. The van der Waals surface area contributed by atoms with Crippen LogP contribution in [0.3, 0.4) is 0 Å². The van der Waals surface area contributed by atoms with Crippen LogP contribution in [0.15, 0.2) is 24.3 Å². The molecule has 1 N–H and O–H groups in total. The molecule has 0 amide bonds. The van der Waals surface area contributed by atoms with Gasteiger partial charge in [-0.05, 0) is 24.6 Å². The Hall–Kier alpha value is -1.10. The van der Waals surface area contributed by atoms with E-state index in [1.165, 1.54) is 0 Å². The Morgan fingerprint density at radius 1 is 1.22 bits per heavy atom. The van der Waals surface area contributed by atoms with Gasteiger partial charge in [-0.25, -0.2) is 0 Å². The number of aliphatic hydroxyl groups is 1. The van der Waals surface area contributed by atoms with E-state index in [0.717, 1.165) is 37.6 Å². The van der Waals surface area contributed by atoms with Gasteiger partial charge >= 0.3 is 0 Å². The van der Waals surface area contributed by atoms with Crippen molar-refractivity contribution in [2.24, 2.45) is 0 Å². The third-order valence-corrected chi connectivity index (χ3v) is 3.54. The van der Waals surface area contributed by atoms with E-state index in [2.05, 4.69) is 11.8 Å². The van der Waals surface area contributed by atoms with Crippen molar-refractivity contribution in [1.29, 1.82) is 0 Å². The Labute approximate surface area is 108 Å². The van der Waals surface area contributed by atoms with E-state index >= 15 is 0 Å². The van der Waals surface area contributed by atoms with E-state index in [0.29, 0.717) is 0 Å². The zero-order chi connectivity index (χ0) is 13.0. The summed E-state index contributed by atoms with van der Waals surface area (Å²) in [6.45, 7) is 5.32. The van der Waals surface area contributed by atoms with Crippen molar-refractivity contribution in [1.82, 2.24) is 4.90 Å². The summed E-state index contributed by atoms with van der Waals surface area (Å²) < 4.78 is 10.4. The molecular formula is C14H21NO3. The number of methoxy groups -OCH3 is 1. The molecule has 0 bridgehead atoms. The summed E-state index contributed by atoms with van der Waals surface area (Å²) in [5.74, 6) is 0.810. The number of aliphatic hydroxyl groups excluding tert-OH is 1. The van der Waals surface area contributed by atoms with Crippen LogP contribution >= 0.6 is 0 Å².